The summed E-state index contributed by atoms with van der Waals surface area (Å²) >= 11 is 0. The maximum atomic E-state index is 13.6. The van der Waals surface area contributed by atoms with Crippen molar-refractivity contribution in [2.75, 3.05) is 25.4 Å². The summed E-state index contributed by atoms with van der Waals surface area (Å²) in [7, 11) is -3.48. The van der Waals surface area contributed by atoms with Crippen LogP contribution in [0.1, 0.15) is 52.7 Å². The van der Waals surface area contributed by atoms with Gasteiger partial charge in [0.15, 0.2) is 0 Å². The number of aromatic hydroxyl groups is 1. The van der Waals surface area contributed by atoms with E-state index in [2.05, 4.69) is 0 Å². The number of benzene rings is 3. The lowest BCUT2D eigenvalue weighted by atomic mass is 9.83. The minimum atomic E-state index is -3.48. The van der Waals surface area contributed by atoms with Gasteiger partial charge in [0.1, 0.15) is 5.75 Å². The molecule has 0 amide bonds. The molecule has 7 heteroatoms. The number of nitrogens with zero attached hydrogens (tertiary/aromatic N) is 1. The fraction of sp³-hybridized carbons (Fsp3) is 0.400. The molecule has 2 atom stereocenters. The minimum Gasteiger partial charge on any atom is -0.507 e. The van der Waals surface area contributed by atoms with Crippen LogP contribution < -0.4 is 5.73 Å². The molecule has 2 aliphatic heterocycles. The van der Waals surface area contributed by atoms with Crippen molar-refractivity contribution in [1.82, 2.24) is 4.31 Å². The van der Waals surface area contributed by atoms with Gasteiger partial charge >= 0.3 is 0 Å². The molecule has 0 aromatic heterocycles. The Hall–Kier alpha value is -2.71. The maximum Gasteiger partial charge on any atom is 0.215 e. The number of phenolic OH excluding ortho intramolecular Hbond substituents is 1. The molecular formula is C30H36N2O4S. The van der Waals surface area contributed by atoms with Crippen molar-refractivity contribution in [2.24, 2.45) is 11.7 Å². The Bertz CT molecular complexity index is 1270. The number of ether oxygens (including phenoxy) is 1. The lowest BCUT2D eigenvalue weighted by Gasteiger charge is -2.40. The van der Waals surface area contributed by atoms with E-state index in [9.17, 15) is 13.5 Å². The van der Waals surface area contributed by atoms with Gasteiger partial charge in [-0.05, 0) is 47.9 Å². The summed E-state index contributed by atoms with van der Waals surface area (Å²) < 4.78 is 35.3. The summed E-state index contributed by atoms with van der Waals surface area (Å²) in [5, 5.41) is 10.7. The third kappa shape index (κ3) is 5.46. The molecule has 2 aliphatic rings. The van der Waals surface area contributed by atoms with Gasteiger partial charge in [0.05, 0.1) is 18.0 Å². The highest BCUT2D eigenvalue weighted by molar-refractivity contribution is 7.89. The molecule has 2 heterocycles. The molecule has 196 valence electrons. The number of phenols is 1. The summed E-state index contributed by atoms with van der Waals surface area (Å²) in [4.78, 5) is 0. The van der Waals surface area contributed by atoms with E-state index >= 15 is 0 Å². The molecule has 0 spiro atoms. The van der Waals surface area contributed by atoms with Crippen LogP contribution in [0.3, 0.4) is 0 Å². The summed E-state index contributed by atoms with van der Waals surface area (Å²) in [6.07, 6.45) is 1.75. The molecule has 3 aromatic rings. The molecule has 6 nitrogen and oxygen atoms in total. The standard InChI is InChI=1S/C30H36N2O4S/c1-21-12-13-25-26(30(21)33)18-28(36-29(25)19-31)24-14-16-32(17-15-24)37(34,35)20-27(22-8-4-2-5-9-22)23-10-6-3-7-11-23/h2-13,24,27-29,33H,14-20,31H2,1H3/t28-,29-/m0/s1. The summed E-state index contributed by atoms with van der Waals surface area (Å²) in [6.45, 7) is 3.20. The van der Waals surface area contributed by atoms with Gasteiger partial charge in [-0.2, -0.15) is 0 Å². The number of aryl methyl sites for hydroxylation is 1. The number of rotatable bonds is 7. The molecule has 3 N–H and O–H groups in total. The fourth-order valence-electron chi connectivity index (χ4n) is 5.88. The molecule has 5 rings (SSSR count). The number of sulfonamides is 1. The normalized spacial score (nSPS) is 21.2. The van der Waals surface area contributed by atoms with E-state index < -0.39 is 10.0 Å². The van der Waals surface area contributed by atoms with Gasteiger partial charge in [0.25, 0.3) is 0 Å². The zero-order valence-corrected chi connectivity index (χ0v) is 22.1. The van der Waals surface area contributed by atoms with Crippen molar-refractivity contribution in [3.8, 4) is 5.75 Å². The third-order valence-electron chi connectivity index (χ3n) is 8.02. The van der Waals surface area contributed by atoms with E-state index in [1.807, 2.05) is 79.7 Å². The highest BCUT2D eigenvalue weighted by Crippen LogP contribution is 2.40. The first-order valence-electron chi connectivity index (χ1n) is 13.1. The molecule has 0 radical (unpaired) electrons. The molecular weight excluding hydrogens is 484 g/mol. The van der Waals surface area contributed by atoms with Gasteiger partial charge in [-0.1, -0.05) is 72.8 Å². The summed E-state index contributed by atoms with van der Waals surface area (Å²) in [5.41, 5.74) is 10.8. The zero-order valence-electron chi connectivity index (χ0n) is 21.3. The van der Waals surface area contributed by atoms with Gasteiger partial charge in [-0.3, -0.25) is 0 Å². The first-order valence-corrected chi connectivity index (χ1v) is 14.7. The number of hydrogen-bond acceptors (Lipinski definition) is 5. The van der Waals surface area contributed by atoms with Gasteiger partial charge in [0, 0.05) is 37.5 Å². The SMILES string of the molecule is Cc1ccc2c(c1O)C[C@@H](C1CCN(S(=O)(=O)CC(c3ccccc3)c3ccccc3)CC1)O[C@H]2CN. The van der Waals surface area contributed by atoms with E-state index in [0.717, 1.165) is 40.7 Å². The molecule has 1 saturated heterocycles. The largest absolute Gasteiger partial charge is 0.507 e. The van der Waals surface area contributed by atoms with Gasteiger partial charge in [0.2, 0.25) is 10.0 Å². The predicted octanol–water partition coefficient (Wildman–Crippen LogP) is 4.52. The molecule has 0 bridgehead atoms. The van der Waals surface area contributed by atoms with E-state index in [-0.39, 0.29) is 29.8 Å². The van der Waals surface area contributed by atoms with Crippen molar-refractivity contribution in [1.29, 1.82) is 0 Å². The van der Waals surface area contributed by atoms with Crippen LogP contribution in [0.25, 0.3) is 0 Å². The highest BCUT2D eigenvalue weighted by atomic mass is 32.2. The predicted molar refractivity (Wildman–Crippen MR) is 146 cm³/mol. The quantitative estimate of drug-likeness (QED) is 0.478. The Morgan fingerprint density at radius 3 is 2.14 bits per heavy atom. The van der Waals surface area contributed by atoms with Crippen LogP contribution >= 0.6 is 0 Å². The Morgan fingerprint density at radius 1 is 0.973 bits per heavy atom. The van der Waals surface area contributed by atoms with Gasteiger partial charge < -0.3 is 15.6 Å². The molecule has 1 fully saturated rings. The number of nitrogens with two attached hydrogens (primary N) is 1. The van der Waals surface area contributed by atoms with E-state index in [1.54, 1.807) is 4.31 Å². The summed E-state index contributed by atoms with van der Waals surface area (Å²) in [6, 6.07) is 23.7. The zero-order chi connectivity index (χ0) is 26.0. The number of hydrogen-bond donors (Lipinski definition) is 2. The molecule has 3 aromatic carbocycles. The molecule has 0 unspecified atom stereocenters. The smallest absolute Gasteiger partial charge is 0.215 e. The Morgan fingerprint density at radius 2 is 1.57 bits per heavy atom. The van der Waals surface area contributed by atoms with Crippen LogP contribution in [0.15, 0.2) is 72.8 Å². The van der Waals surface area contributed by atoms with Crippen molar-refractivity contribution in [3.63, 3.8) is 0 Å². The van der Waals surface area contributed by atoms with Crippen LogP contribution in [-0.4, -0.2) is 49.3 Å². The molecule has 37 heavy (non-hydrogen) atoms. The lowest BCUT2D eigenvalue weighted by Crippen LogP contribution is -2.45. The van der Waals surface area contributed by atoms with Crippen LogP contribution in [0.4, 0.5) is 0 Å². The average molecular weight is 521 g/mol. The second kappa shape index (κ2) is 11.0. The maximum absolute atomic E-state index is 13.6. The number of piperidine rings is 1. The first-order chi connectivity index (χ1) is 17.9. The molecule has 0 saturated carbocycles. The highest BCUT2D eigenvalue weighted by Gasteiger charge is 2.38. The minimum absolute atomic E-state index is 0.0430. The van der Waals surface area contributed by atoms with Gasteiger partial charge in [-0.15, -0.1) is 0 Å². The second-order valence-corrected chi connectivity index (χ2v) is 12.3. The van der Waals surface area contributed by atoms with Crippen LogP contribution in [0, 0.1) is 12.8 Å². The first kappa shape index (κ1) is 25.9. The van der Waals surface area contributed by atoms with Crippen molar-refractivity contribution < 1.29 is 18.3 Å². The van der Waals surface area contributed by atoms with E-state index in [1.165, 1.54) is 0 Å². The van der Waals surface area contributed by atoms with Crippen molar-refractivity contribution in [3.05, 3.63) is 101 Å². The van der Waals surface area contributed by atoms with Crippen molar-refractivity contribution >= 4 is 10.0 Å². The second-order valence-electron chi connectivity index (χ2n) is 10.3. The van der Waals surface area contributed by atoms with Crippen LogP contribution in [0.5, 0.6) is 5.75 Å². The summed E-state index contributed by atoms with van der Waals surface area (Å²) in [5.74, 6) is 0.367. The topological polar surface area (TPSA) is 92.9 Å². The van der Waals surface area contributed by atoms with Crippen molar-refractivity contribution in [2.45, 2.75) is 44.3 Å². The average Bonchev–Trinajstić information content (AvgIpc) is 2.94. The Balaban J connectivity index is 1.29. The fourth-order valence-corrected chi connectivity index (χ4v) is 7.66. The van der Waals surface area contributed by atoms with Gasteiger partial charge in [-0.25, -0.2) is 12.7 Å². The lowest BCUT2D eigenvalue weighted by molar-refractivity contribution is -0.0612. The Kier molecular flexibility index (Phi) is 7.67. The van der Waals surface area contributed by atoms with E-state index in [0.29, 0.717) is 31.8 Å². The molecule has 0 aliphatic carbocycles. The monoisotopic (exact) mass is 520 g/mol. The van der Waals surface area contributed by atoms with E-state index in [4.69, 9.17) is 10.5 Å². The van der Waals surface area contributed by atoms with Crippen LogP contribution in [0.2, 0.25) is 0 Å². The Labute approximate surface area is 220 Å². The third-order valence-corrected chi connectivity index (χ3v) is 9.93. The van der Waals surface area contributed by atoms with Crippen LogP contribution in [-0.2, 0) is 21.2 Å². The number of fused-ring (bicyclic) bond motifs is 1.